The Morgan fingerprint density at radius 2 is 0.725 bits per heavy atom. The van der Waals surface area contributed by atoms with Gasteiger partial charge in [0.2, 0.25) is 0 Å². The van der Waals surface area contributed by atoms with Crippen molar-refractivity contribution in [2.45, 2.75) is 0 Å². The van der Waals surface area contributed by atoms with Crippen LogP contribution >= 0.6 is 0 Å². The van der Waals surface area contributed by atoms with Crippen molar-refractivity contribution in [3.05, 3.63) is 231 Å². The molecule has 0 unspecified atom stereocenters. The molecule has 6 nitrogen and oxygen atoms in total. The number of aromatic nitrogens is 4. The average Bonchev–Trinajstić information content (AvgIpc) is 4.10. The Bertz CT molecular complexity index is 4290. The first kappa shape index (κ1) is 38.8. The van der Waals surface area contributed by atoms with Gasteiger partial charge in [-0.3, -0.25) is 0 Å². The standard InChI is InChI=1S/C63H38N4O2/c1-4-16-39(17-5-1)41-28-30-43(31-29-41)62-64-61(42-20-8-3-9-21-42)65-63(66-62)51-35-45(37-57-59(51)48-23-11-14-26-55(48)68-57)46-36-54(60-49-24-12-15-27-56(49)69-58(60)38-46)67-52-25-13-10-22-47(52)50-34-44(32-33-53(50)67)40-18-6-2-7-19-40/h1-38H. The first-order valence-corrected chi connectivity index (χ1v) is 23.2. The minimum atomic E-state index is 0.547. The lowest BCUT2D eigenvalue weighted by Crippen LogP contribution is -2.01. The molecule has 0 saturated carbocycles. The average molecular weight is 883 g/mol. The Morgan fingerprint density at radius 3 is 1.39 bits per heavy atom. The molecule has 14 rings (SSSR count). The summed E-state index contributed by atoms with van der Waals surface area (Å²) in [6.07, 6.45) is 0. The zero-order chi connectivity index (χ0) is 45.4. The Morgan fingerprint density at radius 1 is 0.275 bits per heavy atom. The van der Waals surface area contributed by atoms with E-state index in [0.29, 0.717) is 17.5 Å². The van der Waals surface area contributed by atoms with Crippen molar-refractivity contribution in [3.63, 3.8) is 0 Å². The first-order valence-electron chi connectivity index (χ1n) is 23.2. The van der Waals surface area contributed by atoms with Crippen LogP contribution in [0.2, 0.25) is 0 Å². The molecule has 0 atom stereocenters. The van der Waals surface area contributed by atoms with E-state index in [4.69, 9.17) is 23.8 Å². The number of para-hydroxylation sites is 3. The normalized spacial score (nSPS) is 11.8. The number of hydrogen-bond donors (Lipinski definition) is 0. The van der Waals surface area contributed by atoms with Gasteiger partial charge in [-0.25, -0.2) is 15.0 Å². The Kier molecular flexibility index (Phi) is 8.79. The number of furan rings is 2. The van der Waals surface area contributed by atoms with Crippen LogP contribution in [-0.4, -0.2) is 19.5 Å². The maximum Gasteiger partial charge on any atom is 0.164 e. The van der Waals surface area contributed by atoms with Crippen LogP contribution in [-0.2, 0) is 0 Å². The third kappa shape index (κ3) is 6.45. The first-order chi connectivity index (χ1) is 34.2. The highest BCUT2D eigenvalue weighted by molar-refractivity contribution is 6.17. The summed E-state index contributed by atoms with van der Waals surface area (Å²) in [4.78, 5) is 15.7. The monoisotopic (exact) mass is 882 g/mol. The Hall–Kier alpha value is -9.39. The van der Waals surface area contributed by atoms with E-state index in [0.717, 1.165) is 99.5 Å². The number of hydrogen-bond acceptors (Lipinski definition) is 5. The van der Waals surface area contributed by atoms with Crippen molar-refractivity contribution < 1.29 is 8.83 Å². The lowest BCUT2D eigenvalue weighted by atomic mass is 9.96. The van der Waals surface area contributed by atoms with E-state index >= 15 is 0 Å². The summed E-state index contributed by atoms with van der Waals surface area (Å²) in [6.45, 7) is 0. The van der Waals surface area contributed by atoms with Gasteiger partial charge in [-0.15, -0.1) is 0 Å². The molecule has 0 N–H and O–H groups in total. The van der Waals surface area contributed by atoms with E-state index in [2.05, 4.69) is 168 Å². The minimum Gasteiger partial charge on any atom is -0.456 e. The fourth-order valence-corrected chi connectivity index (χ4v) is 10.2. The van der Waals surface area contributed by atoms with Gasteiger partial charge in [-0.2, -0.15) is 0 Å². The molecule has 69 heavy (non-hydrogen) atoms. The second-order valence-corrected chi connectivity index (χ2v) is 17.5. The molecular formula is C63H38N4O2. The second-order valence-electron chi connectivity index (χ2n) is 17.5. The van der Waals surface area contributed by atoms with E-state index in [9.17, 15) is 0 Å². The quantitative estimate of drug-likeness (QED) is 0.159. The second kappa shape index (κ2) is 15.6. The molecule has 0 radical (unpaired) electrons. The molecule has 10 aromatic carbocycles. The van der Waals surface area contributed by atoms with Crippen molar-refractivity contribution in [2.24, 2.45) is 0 Å². The van der Waals surface area contributed by atoms with Crippen LogP contribution in [0.25, 0.3) is 139 Å². The van der Waals surface area contributed by atoms with Gasteiger partial charge >= 0.3 is 0 Å². The third-order valence-electron chi connectivity index (χ3n) is 13.4. The van der Waals surface area contributed by atoms with E-state index in [-0.39, 0.29) is 0 Å². The van der Waals surface area contributed by atoms with Crippen LogP contribution < -0.4 is 0 Å². The number of benzene rings is 10. The summed E-state index contributed by atoms with van der Waals surface area (Å²) in [7, 11) is 0. The summed E-state index contributed by atoms with van der Waals surface area (Å²) < 4.78 is 16.0. The predicted octanol–water partition coefficient (Wildman–Crippen LogP) is 16.8. The van der Waals surface area contributed by atoms with Gasteiger partial charge in [-0.1, -0.05) is 176 Å². The summed E-state index contributed by atoms with van der Waals surface area (Å²) >= 11 is 0. The van der Waals surface area contributed by atoms with Crippen LogP contribution in [0.3, 0.4) is 0 Å². The Labute approximate surface area is 396 Å². The fourth-order valence-electron chi connectivity index (χ4n) is 10.2. The topological polar surface area (TPSA) is 69.9 Å². The maximum atomic E-state index is 6.80. The van der Waals surface area contributed by atoms with Crippen LogP contribution in [0.1, 0.15) is 0 Å². The molecule has 0 aliphatic heterocycles. The lowest BCUT2D eigenvalue weighted by Gasteiger charge is -2.14. The highest BCUT2D eigenvalue weighted by Crippen LogP contribution is 2.45. The van der Waals surface area contributed by atoms with E-state index < -0.39 is 0 Å². The molecule has 4 aromatic heterocycles. The Balaban J connectivity index is 1.02. The molecule has 0 aliphatic rings. The van der Waals surface area contributed by atoms with Crippen molar-refractivity contribution in [1.29, 1.82) is 0 Å². The highest BCUT2D eigenvalue weighted by atomic mass is 16.3. The summed E-state index contributed by atoms with van der Waals surface area (Å²) in [5.74, 6) is 1.71. The predicted molar refractivity (Wildman–Crippen MR) is 281 cm³/mol. The van der Waals surface area contributed by atoms with Gasteiger partial charge in [0.1, 0.15) is 22.3 Å². The summed E-state index contributed by atoms with van der Waals surface area (Å²) in [6, 6.07) is 80.4. The molecule has 6 heteroatoms. The summed E-state index contributed by atoms with van der Waals surface area (Å²) in [5.41, 5.74) is 15.5. The van der Waals surface area contributed by atoms with Gasteiger partial charge < -0.3 is 13.4 Å². The van der Waals surface area contributed by atoms with Gasteiger partial charge in [-0.05, 0) is 88.0 Å². The summed E-state index contributed by atoms with van der Waals surface area (Å²) in [5, 5.41) is 6.38. The third-order valence-corrected chi connectivity index (χ3v) is 13.4. The molecular weight excluding hydrogens is 845 g/mol. The van der Waals surface area contributed by atoms with Crippen LogP contribution in [0.4, 0.5) is 0 Å². The van der Waals surface area contributed by atoms with Crippen molar-refractivity contribution in [2.75, 3.05) is 0 Å². The van der Waals surface area contributed by atoms with Crippen LogP contribution in [0.5, 0.6) is 0 Å². The molecule has 0 saturated heterocycles. The van der Waals surface area contributed by atoms with Crippen molar-refractivity contribution >= 4 is 65.7 Å². The fraction of sp³-hybridized carbons (Fsp3) is 0. The van der Waals surface area contributed by atoms with Gasteiger partial charge in [0.25, 0.3) is 0 Å². The van der Waals surface area contributed by atoms with E-state index in [1.54, 1.807) is 0 Å². The SMILES string of the molecule is c1ccc(-c2ccc(-c3nc(-c4ccccc4)nc(-c4cc(-c5cc(-n6c7ccccc7c7cc(-c8ccccc8)ccc76)c6c(c5)oc5ccccc56)cc5oc6ccccc6c45)n3)cc2)cc1. The zero-order valence-corrected chi connectivity index (χ0v) is 37.0. The molecule has 0 fully saturated rings. The number of fused-ring (bicyclic) bond motifs is 9. The maximum absolute atomic E-state index is 6.80. The smallest absolute Gasteiger partial charge is 0.164 e. The van der Waals surface area contributed by atoms with E-state index in [1.807, 2.05) is 66.7 Å². The molecule has 0 amide bonds. The lowest BCUT2D eigenvalue weighted by molar-refractivity contribution is 0.668. The molecule has 14 aromatic rings. The highest BCUT2D eigenvalue weighted by Gasteiger charge is 2.23. The molecule has 4 heterocycles. The van der Waals surface area contributed by atoms with Gasteiger partial charge in [0, 0.05) is 43.6 Å². The molecule has 322 valence electrons. The number of nitrogens with zero attached hydrogens (tertiary/aromatic N) is 4. The van der Waals surface area contributed by atoms with Crippen LogP contribution in [0, 0.1) is 0 Å². The molecule has 0 aliphatic carbocycles. The molecule has 0 bridgehead atoms. The van der Waals surface area contributed by atoms with Crippen molar-refractivity contribution in [3.8, 4) is 73.2 Å². The van der Waals surface area contributed by atoms with E-state index in [1.165, 1.54) is 21.9 Å². The minimum absolute atomic E-state index is 0.547. The largest absolute Gasteiger partial charge is 0.456 e. The number of rotatable bonds is 7. The van der Waals surface area contributed by atoms with Gasteiger partial charge in [0.15, 0.2) is 17.5 Å². The zero-order valence-electron chi connectivity index (χ0n) is 37.0. The van der Waals surface area contributed by atoms with Gasteiger partial charge in [0.05, 0.1) is 22.1 Å². The van der Waals surface area contributed by atoms with Crippen LogP contribution in [0.15, 0.2) is 239 Å². The molecule has 0 spiro atoms. The van der Waals surface area contributed by atoms with Crippen molar-refractivity contribution in [1.82, 2.24) is 19.5 Å².